The second-order valence-electron chi connectivity index (χ2n) is 3.90. The Morgan fingerprint density at radius 1 is 1.44 bits per heavy atom. The van der Waals surface area contributed by atoms with Crippen LogP contribution >= 0.6 is 11.6 Å². The number of sulfonamides is 1. The largest absolute Gasteiger partial charge is 0.336 e. The van der Waals surface area contributed by atoms with Crippen molar-refractivity contribution in [3.63, 3.8) is 0 Å². The molecule has 1 N–H and O–H groups in total. The predicted octanol–water partition coefficient (Wildman–Crippen LogP) is -0.736. The van der Waals surface area contributed by atoms with Gasteiger partial charge in [-0.25, -0.2) is 13.2 Å². The molecule has 0 aliphatic carbocycles. The van der Waals surface area contributed by atoms with E-state index in [1.807, 2.05) is 0 Å². The lowest BCUT2D eigenvalue weighted by molar-refractivity contribution is 0.164. The summed E-state index contributed by atoms with van der Waals surface area (Å²) in [5.74, 6) is 0.0625. The average Bonchev–Trinajstić information content (AvgIpc) is 2.60. The second-order valence-corrected chi connectivity index (χ2v) is 6.36. The van der Waals surface area contributed by atoms with Crippen molar-refractivity contribution in [2.45, 2.75) is 6.04 Å². The smallest absolute Gasteiger partial charge is 0.317 e. The van der Waals surface area contributed by atoms with Crippen molar-refractivity contribution in [3.8, 4) is 0 Å². The summed E-state index contributed by atoms with van der Waals surface area (Å²) in [7, 11) is -3.25. The van der Waals surface area contributed by atoms with Gasteiger partial charge in [0.25, 0.3) is 0 Å². The predicted molar refractivity (Wildman–Crippen MR) is 60.0 cm³/mol. The van der Waals surface area contributed by atoms with Gasteiger partial charge < -0.3 is 10.2 Å². The molecule has 0 aromatic carbocycles. The maximum Gasteiger partial charge on any atom is 0.317 e. The summed E-state index contributed by atoms with van der Waals surface area (Å²) in [5, 5.41) is 2.70. The first-order chi connectivity index (χ1) is 7.54. The van der Waals surface area contributed by atoms with Crippen LogP contribution in [0.25, 0.3) is 0 Å². The fraction of sp³-hybridized carbons (Fsp3) is 0.875. The Hall–Kier alpha value is -0.530. The van der Waals surface area contributed by atoms with Gasteiger partial charge in [0.1, 0.15) is 0 Å². The zero-order chi connectivity index (χ0) is 11.8. The standard InChI is InChI=1S/C8H14ClN3O3S/c9-1-4-16(14,15)11-2-3-12-7(6-11)5-10-8(12)13/h7H,1-6H2,(H,10,13). The Kier molecular flexibility index (Phi) is 3.27. The minimum absolute atomic E-state index is 0.0358. The number of nitrogens with zero attached hydrogens (tertiary/aromatic N) is 2. The third-order valence-corrected chi connectivity index (χ3v) is 5.18. The summed E-state index contributed by atoms with van der Waals surface area (Å²) in [6.07, 6.45) is 0. The van der Waals surface area contributed by atoms with E-state index in [0.29, 0.717) is 26.2 Å². The molecule has 2 saturated heterocycles. The second kappa shape index (κ2) is 4.38. The number of hydrogen-bond acceptors (Lipinski definition) is 3. The number of nitrogens with one attached hydrogen (secondary N) is 1. The molecule has 1 atom stereocenters. The third-order valence-electron chi connectivity index (χ3n) is 2.92. The zero-order valence-electron chi connectivity index (χ0n) is 8.73. The Balaban J connectivity index is 2.04. The Bertz CT molecular complexity index is 386. The Morgan fingerprint density at radius 3 is 2.88 bits per heavy atom. The van der Waals surface area contributed by atoms with Crippen molar-refractivity contribution < 1.29 is 13.2 Å². The van der Waals surface area contributed by atoms with Gasteiger partial charge in [0.2, 0.25) is 10.0 Å². The molecule has 92 valence electrons. The van der Waals surface area contributed by atoms with Gasteiger partial charge in [0.05, 0.1) is 11.8 Å². The number of hydrogen-bond donors (Lipinski definition) is 1. The maximum absolute atomic E-state index is 11.8. The van der Waals surface area contributed by atoms with Crippen LogP contribution < -0.4 is 5.32 Å². The normalized spacial score (nSPS) is 26.7. The summed E-state index contributed by atoms with van der Waals surface area (Å²) in [6.45, 7) is 1.71. The Labute approximate surface area is 99.6 Å². The molecular weight excluding hydrogens is 254 g/mol. The molecule has 2 aliphatic rings. The highest BCUT2D eigenvalue weighted by Crippen LogP contribution is 2.17. The summed E-state index contributed by atoms with van der Waals surface area (Å²) < 4.78 is 25.0. The van der Waals surface area contributed by atoms with Gasteiger partial charge in [0, 0.05) is 32.1 Å². The highest BCUT2D eigenvalue weighted by atomic mass is 35.5. The first-order valence-corrected chi connectivity index (χ1v) is 7.27. The highest BCUT2D eigenvalue weighted by molar-refractivity contribution is 7.89. The average molecular weight is 268 g/mol. The number of piperazine rings is 1. The van der Waals surface area contributed by atoms with E-state index in [-0.39, 0.29) is 23.7 Å². The monoisotopic (exact) mass is 267 g/mol. The first-order valence-electron chi connectivity index (χ1n) is 5.13. The molecule has 0 aromatic heterocycles. The number of amides is 2. The Morgan fingerprint density at radius 2 is 2.19 bits per heavy atom. The van der Waals surface area contributed by atoms with E-state index in [1.54, 1.807) is 4.90 Å². The van der Waals surface area contributed by atoms with E-state index < -0.39 is 10.0 Å². The molecule has 0 spiro atoms. The van der Waals surface area contributed by atoms with Crippen molar-refractivity contribution in [2.24, 2.45) is 0 Å². The summed E-state index contributed by atoms with van der Waals surface area (Å²) in [4.78, 5) is 13.0. The van der Waals surface area contributed by atoms with Crippen LogP contribution in [0.15, 0.2) is 0 Å². The minimum Gasteiger partial charge on any atom is -0.336 e. The van der Waals surface area contributed by atoms with Crippen LogP contribution in [0.5, 0.6) is 0 Å². The number of urea groups is 1. The van der Waals surface area contributed by atoms with E-state index in [0.717, 1.165) is 0 Å². The number of carbonyl (C=O) groups excluding carboxylic acids is 1. The molecule has 2 amide bonds. The molecule has 0 radical (unpaired) electrons. The van der Waals surface area contributed by atoms with E-state index in [1.165, 1.54) is 4.31 Å². The van der Waals surface area contributed by atoms with Crippen LogP contribution in [0.3, 0.4) is 0 Å². The van der Waals surface area contributed by atoms with Crippen molar-refractivity contribution in [1.82, 2.24) is 14.5 Å². The van der Waals surface area contributed by atoms with Crippen LogP contribution in [0.4, 0.5) is 4.79 Å². The van der Waals surface area contributed by atoms with Crippen molar-refractivity contribution in [3.05, 3.63) is 0 Å². The number of fused-ring (bicyclic) bond motifs is 1. The number of halogens is 1. The minimum atomic E-state index is -3.25. The van der Waals surface area contributed by atoms with Crippen molar-refractivity contribution in [2.75, 3.05) is 37.8 Å². The maximum atomic E-state index is 11.8. The molecule has 0 bridgehead atoms. The lowest BCUT2D eigenvalue weighted by Gasteiger charge is -2.35. The topological polar surface area (TPSA) is 69.7 Å². The van der Waals surface area contributed by atoms with E-state index in [2.05, 4.69) is 5.32 Å². The van der Waals surface area contributed by atoms with Gasteiger partial charge in [-0.3, -0.25) is 0 Å². The molecular formula is C8H14ClN3O3S. The molecule has 2 fully saturated rings. The molecule has 8 heteroatoms. The first kappa shape index (κ1) is 11.9. The van der Waals surface area contributed by atoms with Gasteiger partial charge in [-0.05, 0) is 0 Å². The zero-order valence-corrected chi connectivity index (χ0v) is 10.3. The van der Waals surface area contributed by atoms with Crippen LogP contribution in [0.2, 0.25) is 0 Å². The SMILES string of the molecule is O=C1NCC2CN(S(=O)(=O)CCCl)CCN12. The van der Waals surface area contributed by atoms with E-state index in [9.17, 15) is 13.2 Å². The molecule has 1 unspecified atom stereocenters. The molecule has 16 heavy (non-hydrogen) atoms. The quantitative estimate of drug-likeness (QED) is 0.685. The highest BCUT2D eigenvalue weighted by Gasteiger charge is 2.38. The van der Waals surface area contributed by atoms with Gasteiger partial charge in [0.15, 0.2) is 0 Å². The fourth-order valence-electron chi connectivity index (χ4n) is 2.05. The van der Waals surface area contributed by atoms with Crippen LogP contribution in [-0.4, -0.2) is 67.5 Å². The van der Waals surface area contributed by atoms with Gasteiger partial charge in [-0.2, -0.15) is 4.31 Å². The van der Waals surface area contributed by atoms with E-state index >= 15 is 0 Å². The molecule has 6 nitrogen and oxygen atoms in total. The number of alkyl halides is 1. The van der Waals surface area contributed by atoms with Crippen LogP contribution in [0, 0.1) is 0 Å². The molecule has 2 heterocycles. The van der Waals surface area contributed by atoms with Crippen molar-refractivity contribution >= 4 is 27.7 Å². The van der Waals surface area contributed by atoms with Crippen LogP contribution in [0.1, 0.15) is 0 Å². The summed E-state index contributed by atoms with van der Waals surface area (Å²) in [5.41, 5.74) is 0. The van der Waals surface area contributed by atoms with Gasteiger partial charge in [-0.15, -0.1) is 11.6 Å². The number of carbonyl (C=O) groups is 1. The lowest BCUT2D eigenvalue weighted by atomic mass is 10.2. The lowest BCUT2D eigenvalue weighted by Crippen LogP contribution is -2.54. The number of rotatable bonds is 3. The van der Waals surface area contributed by atoms with Crippen LogP contribution in [-0.2, 0) is 10.0 Å². The molecule has 2 rings (SSSR count). The van der Waals surface area contributed by atoms with Crippen molar-refractivity contribution in [1.29, 1.82) is 0 Å². The summed E-state index contributed by atoms with van der Waals surface area (Å²) in [6, 6.07) is -0.134. The molecule has 0 aromatic rings. The fourth-order valence-corrected chi connectivity index (χ4v) is 3.85. The van der Waals surface area contributed by atoms with E-state index in [4.69, 9.17) is 11.6 Å². The molecule has 0 saturated carbocycles. The van der Waals surface area contributed by atoms with Gasteiger partial charge >= 0.3 is 6.03 Å². The van der Waals surface area contributed by atoms with Gasteiger partial charge in [-0.1, -0.05) is 0 Å². The summed E-state index contributed by atoms with van der Waals surface area (Å²) >= 11 is 5.46. The third kappa shape index (κ3) is 2.11. The molecule has 2 aliphatic heterocycles.